The molecule has 2 aromatic rings. The van der Waals surface area contributed by atoms with E-state index in [2.05, 4.69) is 57.8 Å². The molecule has 176 valence electrons. The monoisotopic (exact) mass is 552 g/mol. The second-order valence-electron chi connectivity index (χ2n) is 8.10. The van der Waals surface area contributed by atoms with Gasteiger partial charge in [0.05, 0.1) is 13.7 Å². The number of nitrogens with one attached hydrogen (secondary N) is 2. The molecule has 6 nitrogen and oxygen atoms in total. The average Bonchev–Trinajstić information content (AvgIpc) is 2.82. The number of halogens is 1. The molecular formula is C25H37IN4O2. The van der Waals surface area contributed by atoms with Crippen molar-refractivity contribution in [3.63, 3.8) is 0 Å². The quantitative estimate of drug-likeness (QED) is 0.288. The van der Waals surface area contributed by atoms with Gasteiger partial charge in [-0.1, -0.05) is 36.4 Å². The van der Waals surface area contributed by atoms with E-state index in [4.69, 9.17) is 9.47 Å². The van der Waals surface area contributed by atoms with Crippen molar-refractivity contribution in [2.24, 2.45) is 4.99 Å². The topological polar surface area (TPSA) is 58.1 Å². The summed E-state index contributed by atoms with van der Waals surface area (Å²) in [4.78, 5) is 6.96. The lowest BCUT2D eigenvalue weighted by molar-refractivity contribution is 0.158. The highest BCUT2D eigenvalue weighted by Gasteiger charge is 2.24. The van der Waals surface area contributed by atoms with Crippen LogP contribution in [0, 0.1) is 0 Å². The minimum atomic E-state index is -0.000717. The zero-order valence-corrected chi connectivity index (χ0v) is 21.9. The highest BCUT2D eigenvalue weighted by atomic mass is 127. The highest BCUT2D eigenvalue weighted by Crippen LogP contribution is 2.24. The standard InChI is InChI=1S/C25H36N4O2.HI/c1-19(31-24-12-8-11-23(17-24)30-4)18-27-25(26-3)28-22-13-15-29(16-14-22)20(2)21-9-6-5-7-10-21;/h5-12,17,19-20,22H,13-16,18H2,1-4H3,(H2,26,27,28);1H. The van der Waals surface area contributed by atoms with Crippen LogP contribution in [0.25, 0.3) is 0 Å². The van der Waals surface area contributed by atoms with Gasteiger partial charge in [-0.15, -0.1) is 24.0 Å². The molecule has 0 spiro atoms. The van der Waals surface area contributed by atoms with E-state index < -0.39 is 0 Å². The number of likely N-dealkylation sites (tertiary alicyclic amines) is 1. The van der Waals surface area contributed by atoms with Gasteiger partial charge in [-0.25, -0.2) is 0 Å². The molecule has 0 aliphatic carbocycles. The van der Waals surface area contributed by atoms with E-state index in [0.717, 1.165) is 43.4 Å². The Hall–Kier alpha value is -2.00. The van der Waals surface area contributed by atoms with E-state index >= 15 is 0 Å². The van der Waals surface area contributed by atoms with Crippen molar-refractivity contribution in [3.8, 4) is 11.5 Å². The van der Waals surface area contributed by atoms with E-state index in [1.165, 1.54) is 5.56 Å². The van der Waals surface area contributed by atoms with Crippen molar-refractivity contribution >= 4 is 29.9 Å². The molecule has 1 aliphatic heterocycles. The molecular weight excluding hydrogens is 515 g/mol. The molecule has 2 aromatic carbocycles. The lowest BCUT2D eigenvalue weighted by Crippen LogP contribution is -2.50. The summed E-state index contributed by atoms with van der Waals surface area (Å²) in [6, 6.07) is 19.3. The van der Waals surface area contributed by atoms with Crippen LogP contribution >= 0.6 is 24.0 Å². The first-order chi connectivity index (χ1) is 15.1. The van der Waals surface area contributed by atoms with Gasteiger partial charge in [-0.2, -0.15) is 0 Å². The summed E-state index contributed by atoms with van der Waals surface area (Å²) >= 11 is 0. The third-order valence-corrected chi connectivity index (χ3v) is 5.86. The van der Waals surface area contributed by atoms with Gasteiger partial charge in [0.2, 0.25) is 0 Å². The molecule has 1 fully saturated rings. The maximum absolute atomic E-state index is 5.99. The number of guanidine groups is 1. The Kier molecular flexibility index (Phi) is 11.1. The van der Waals surface area contributed by atoms with E-state index in [1.54, 1.807) is 7.11 Å². The predicted molar refractivity (Wildman–Crippen MR) is 142 cm³/mol. The number of hydrogen-bond donors (Lipinski definition) is 2. The SMILES string of the molecule is CN=C(NCC(C)Oc1cccc(OC)c1)NC1CCN(C(C)c2ccccc2)CC1.I. The van der Waals surface area contributed by atoms with E-state index in [0.29, 0.717) is 18.6 Å². The summed E-state index contributed by atoms with van der Waals surface area (Å²) in [5, 5.41) is 6.97. The second kappa shape index (κ2) is 13.5. The zero-order chi connectivity index (χ0) is 22.1. The van der Waals surface area contributed by atoms with Crippen molar-refractivity contribution in [1.82, 2.24) is 15.5 Å². The Balaban J connectivity index is 0.00000363. The molecule has 2 N–H and O–H groups in total. The number of aliphatic imine (C=N–C) groups is 1. The molecule has 1 heterocycles. The van der Waals surface area contributed by atoms with Crippen LogP contribution < -0.4 is 20.1 Å². The molecule has 1 aliphatic rings. The maximum Gasteiger partial charge on any atom is 0.191 e. The van der Waals surface area contributed by atoms with Gasteiger partial charge in [0.1, 0.15) is 17.6 Å². The van der Waals surface area contributed by atoms with Crippen LogP contribution in [0.2, 0.25) is 0 Å². The van der Waals surface area contributed by atoms with Crippen LogP contribution in [0.5, 0.6) is 11.5 Å². The van der Waals surface area contributed by atoms with E-state index in [1.807, 2.05) is 38.2 Å². The van der Waals surface area contributed by atoms with Gasteiger partial charge in [-0.3, -0.25) is 9.89 Å². The average molecular weight is 553 g/mol. The van der Waals surface area contributed by atoms with Crippen LogP contribution in [0.4, 0.5) is 0 Å². The molecule has 0 radical (unpaired) electrons. The number of methoxy groups -OCH3 is 1. The van der Waals surface area contributed by atoms with Gasteiger partial charge in [0, 0.05) is 38.3 Å². The summed E-state index contributed by atoms with van der Waals surface area (Å²) in [5.74, 6) is 2.43. The van der Waals surface area contributed by atoms with E-state index in [-0.39, 0.29) is 30.1 Å². The summed E-state index contributed by atoms with van der Waals surface area (Å²) < 4.78 is 11.2. The molecule has 1 saturated heterocycles. The maximum atomic E-state index is 5.99. The van der Waals surface area contributed by atoms with Crippen LogP contribution in [0.3, 0.4) is 0 Å². The van der Waals surface area contributed by atoms with Crippen molar-refractivity contribution in [2.75, 3.05) is 33.8 Å². The second-order valence-corrected chi connectivity index (χ2v) is 8.10. The Morgan fingerprint density at radius 2 is 1.75 bits per heavy atom. The minimum absolute atomic E-state index is 0. The Morgan fingerprint density at radius 1 is 1.06 bits per heavy atom. The zero-order valence-electron chi connectivity index (χ0n) is 19.6. The normalized spacial score (nSPS) is 17.1. The number of hydrogen-bond acceptors (Lipinski definition) is 4. The summed E-state index contributed by atoms with van der Waals surface area (Å²) in [5.41, 5.74) is 1.39. The van der Waals surface area contributed by atoms with Crippen LogP contribution in [-0.4, -0.2) is 56.8 Å². The number of nitrogens with zero attached hydrogens (tertiary/aromatic N) is 2. The largest absolute Gasteiger partial charge is 0.497 e. The molecule has 2 atom stereocenters. The van der Waals surface area contributed by atoms with Crippen molar-refractivity contribution in [2.45, 2.75) is 44.9 Å². The lowest BCUT2D eigenvalue weighted by Gasteiger charge is -2.37. The molecule has 0 aromatic heterocycles. The number of ether oxygens (including phenoxy) is 2. The van der Waals surface area contributed by atoms with Crippen LogP contribution in [0.1, 0.15) is 38.3 Å². The first-order valence-corrected chi connectivity index (χ1v) is 11.2. The summed E-state index contributed by atoms with van der Waals surface area (Å²) in [7, 11) is 3.47. The third-order valence-electron chi connectivity index (χ3n) is 5.86. The van der Waals surface area contributed by atoms with Crippen molar-refractivity contribution < 1.29 is 9.47 Å². The minimum Gasteiger partial charge on any atom is -0.497 e. The Morgan fingerprint density at radius 3 is 2.41 bits per heavy atom. The first-order valence-electron chi connectivity index (χ1n) is 11.2. The fourth-order valence-corrected chi connectivity index (χ4v) is 3.95. The van der Waals surface area contributed by atoms with Gasteiger partial charge >= 0.3 is 0 Å². The lowest BCUT2D eigenvalue weighted by atomic mass is 10.0. The number of rotatable bonds is 8. The van der Waals surface area contributed by atoms with Crippen molar-refractivity contribution in [3.05, 3.63) is 60.2 Å². The fraction of sp³-hybridized carbons (Fsp3) is 0.480. The highest BCUT2D eigenvalue weighted by molar-refractivity contribution is 14.0. The van der Waals surface area contributed by atoms with Gasteiger partial charge in [0.15, 0.2) is 5.96 Å². The molecule has 3 rings (SSSR count). The number of benzene rings is 2. The smallest absolute Gasteiger partial charge is 0.191 e. The summed E-state index contributed by atoms with van der Waals surface area (Å²) in [6.07, 6.45) is 2.21. The fourth-order valence-electron chi connectivity index (χ4n) is 3.95. The Labute approximate surface area is 209 Å². The van der Waals surface area contributed by atoms with Gasteiger partial charge in [-0.05, 0) is 44.4 Å². The summed E-state index contributed by atoms with van der Waals surface area (Å²) in [6.45, 7) is 7.18. The molecule has 2 unspecified atom stereocenters. The van der Waals surface area contributed by atoms with Crippen molar-refractivity contribution in [1.29, 1.82) is 0 Å². The molecule has 0 amide bonds. The Bertz CT molecular complexity index is 826. The van der Waals surface area contributed by atoms with Gasteiger partial charge in [0.25, 0.3) is 0 Å². The third kappa shape index (κ3) is 7.85. The first kappa shape index (κ1) is 26.3. The van der Waals surface area contributed by atoms with Gasteiger partial charge < -0.3 is 20.1 Å². The van der Waals surface area contributed by atoms with Crippen LogP contribution in [0.15, 0.2) is 59.6 Å². The molecule has 0 bridgehead atoms. The number of piperidine rings is 1. The molecule has 7 heteroatoms. The van der Waals surface area contributed by atoms with Crippen LogP contribution in [-0.2, 0) is 0 Å². The van der Waals surface area contributed by atoms with E-state index in [9.17, 15) is 0 Å². The molecule has 0 saturated carbocycles. The predicted octanol–water partition coefficient (Wildman–Crippen LogP) is 4.47. The molecule has 32 heavy (non-hydrogen) atoms.